The van der Waals surface area contributed by atoms with E-state index in [4.69, 9.17) is 0 Å². The van der Waals surface area contributed by atoms with Gasteiger partial charge in [-0.15, -0.1) is 0 Å². The van der Waals surface area contributed by atoms with Crippen molar-refractivity contribution in [2.24, 2.45) is 0 Å². The molecular formula is C12H13F3NO+. The quantitative estimate of drug-likeness (QED) is 0.606. The Morgan fingerprint density at radius 2 is 1.65 bits per heavy atom. The first-order valence-corrected chi connectivity index (χ1v) is 4.95. The van der Waals surface area contributed by atoms with Crippen LogP contribution in [0, 0.1) is 0 Å². The standard InChI is InChI=1S/C12H12F3NO/c1-8(2)16-10(11(17)12(13,14)15)9-6-4-3-5-7-9/h3-7,17H,1-2H3/p+1/b11-10+. The minimum absolute atomic E-state index is 0.281. The van der Waals surface area contributed by atoms with Gasteiger partial charge in [0.15, 0.2) is 0 Å². The Kier molecular flexibility index (Phi) is 3.93. The van der Waals surface area contributed by atoms with Gasteiger partial charge in [0.2, 0.25) is 0 Å². The topological polar surface area (TPSA) is 34.2 Å². The van der Waals surface area contributed by atoms with Crippen LogP contribution in [-0.2, 0) is 0 Å². The molecule has 0 amide bonds. The fraction of sp³-hybridized carbons (Fsp3) is 0.250. The van der Waals surface area contributed by atoms with E-state index in [1.807, 2.05) is 0 Å². The molecule has 2 nitrogen and oxygen atoms in total. The van der Waals surface area contributed by atoms with Crippen LogP contribution < -0.4 is 4.99 Å². The van der Waals surface area contributed by atoms with E-state index in [2.05, 4.69) is 4.99 Å². The molecule has 0 radical (unpaired) electrons. The molecular weight excluding hydrogens is 231 g/mol. The largest absolute Gasteiger partial charge is 0.500 e. The lowest BCUT2D eigenvalue weighted by molar-refractivity contribution is -0.350. The molecule has 17 heavy (non-hydrogen) atoms. The Hall–Kier alpha value is -1.78. The summed E-state index contributed by atoms with van der Waals surface area (Å²) in [6.07, 6.45) is -4.77. The van der Waals surface area contributed by atoms with Gasteiger partial charge in [-0.3, -0.25) is 0 Å². The number of nitrogens with one attached hydrogen (secondary N) is 1. The van der Waals surface area contributed by atoms with Crippen molar-refractivity contribution in [1.82, 2.24) is 0 Å². The summed E-state index contributed by atoms with van der Waals surface area (Å²) in [5, 5.41) is 9.23. The highest BCUT2D eigenvalue weighted by molar-refractivity contribution is 5.76. The monoisotopic (exact) mass is 244 g/mol. The second-order valence-corrected chi connectivity index (χ2v) is 3.71. The van der Waals surface area contributed by atoms with E-state index in [1.165, 1.54) is 12.1 Å². The lowest BCUT2D eigenvalue weighted by Gasteiger charge is -2.06. The molecule has 0 aromatic heterocycles. The maximum Gasteiger partial charge on any atom is 0.455 e. The van der Waals surface area contributed by atoms with Crippen molar-refractivity contribution in [3.05, 3.63) is 41.7 Å². The van der Waals surface area contributed by atoms with Gasteiger partial charge in [-0.25, -0.2) is 4.99 Å². The third-order valence-electron chi connectivity index (χ3n) is 1.94. The van der Waals surface area contributed by atoms with Crippen LogP contribution in [0.15, 0.2) is 36.1 Å². The lowest BCUT2D eigenvalue weighted by atomic mass is 10.1. The first kappa shape index (κ1) is 13.3. The van der Waals surface area contributed by atoms with Crippen molar-refractivity contribution >= 4 is 11.4 Å². The van der Waals surface area contributed by atoms with Gasteiger partial charge in [0.05, 0.1) is 5.56 Å². The van der Waals surface area contributed by atoms with Crippen molar-refractivity contribution in [2.75, 3.05) is 0 Å². The molecule has 1 aromatic carbocycles. The van der Waals surface area contributed by atoms with E-state index in [1.54, 1.807) is 32.0 Å². The summed E-state index contributed by atoms with van der Waals surface area (Å²) < 4.78 is 37.4. The van der Waals surface area contributed by atoms with Crippen molar-refractivity contribution in [2.45, 2.75) is 20.0 Å². The van der Waals surface area contributed by atoms with E-state index in [-0.39, 0.29) is 11.3 Å². The van der Waals surface area contributed by atoms with Gasteiger partial charge < -0.3 is 5.11 Å². The average molecular weight is 244 g/mol. The van der Waals surface area contributed by atoms with Gasteiger partial charge in [-0.2, -0.15) is 13.2 Å². The van der Waals surface area contributed by atoms with Crippen LogP contribution in [0.5, 0.6) is 0 Å². The van der Waals surface area contributed by atoms with Crippen LogP contribution in [0.2, 0.25) is 0 Å². The summed E-state index contributed by atoms with van der Waals surface area (Å²) in [7, 11) is 0. The molecule has 0 unspecified atom stereocenters. The fourth-order valence-electron chi connectivity index (χ4n) is 1.26. The highest BCUT2D eigenvalue weighted by Crippen LogP contribution is 2.27. The highest BCUT2D eigenvalue weighted by atomic mass is 19.4. The van der Waals surface area contributed by atoms with E-state index in [0.29, 0.717) is 5.71 Å². The predicted molar refractivity (Wildman–Crippen MR) is 59.4 cm³/mol. The molecule has 0 saturated heterocycles. The highest BCUT2D eigenvalue weighted by Gasteiger charge is 2.40. The lowest BCUT2D eigenvalue weighted by Crippen LogP contribution is -2.69. The summed E-state index contributed by atoms with van der Waals surface area (Å²) in [6.45, 7) is 3.24. The number of aliphatic hydroxyl groups is 1. The van der Waals surface area contributed by atoms with Crippen molar-refractivity contribution in [1.29, 1.82) is 0 Å². The van der Waals surface area contributed by atoms with E-state index >= 15 is 0 Å². The minimum atomic E-state index is -4.77. The van der Waals surface area contributed by atoms with Crippen molar-refractivity contribution in [3.8, 4) is 0 Å². The van der Waals surface area contributed by atoms with Gasteiger partial charge in [0, 0.05) is 13.8 Å². The molecule has 0 spiro atoms. The van der Waals surface area contributed by atoms with Gasteiger partial charge >= 0.3 is 6.18 Å². The number of hydrogen-bond donors (Lipinski definition) is 2. The van der Waals surface area contributed by atoms with Crippen molar-refractivity contribution in [3.63, 3.8) is 0 Å². The molecule has 0 aliphatic carbocycles. The molecule has 0 atom stereocenters. The maximum absolute atomic E-state index is 12.5. The second kappa shape index (κ2) is 5.03. The van der Waals surface area contributed by atoms with Crippen LogP contribution >= 0.6 is 0 Å². The molecule has 0 aliphatic rings. The zero-order valence-corrected chi connectivity index (χ0v) is 9.47. The number of aliphatic hydroxyl groups excluding tert-OH is 1. The predicted octanol–water partition coefficient (Wildman–Crippen LogP) is 2.04. The number of hydrogen-bond acceptors (Lipinski definition) is 1. The maximum atomic E-state index is 12.5. The van der Waals surface area contributed by atoms with E-state index in [9.17, 15) is 18.3 Å². The zero-order chi connectivity index (χ0) is 13.1. The van der Waals surface area contributed by atoms with Gasteiger partial charge in [0.25, 0.3) is 11.5 Å². The SMILES string of the molecule is CC(C)=[NH+]/C(=C(/O)C(F)(F)F)c1ccccc1. The normalized spacial score (nSPS) is 13.0. The number of allylic oxidation sites excluding steroid dienone is 1. The Labute approximate surface area is 97.1 Å². The third kappa shape index (κ3) is 3.62. The smallest absolute Gasteiger partial charge is 0.455 e. The average Bonchev–Trinajstić information content (AvgIpc) is 2.24. The Balaban J connectivity index is 3.38. The Bertz CT molecular complexity index is 443. The molecule has 5 heteroatoms. The first-order chi connectivity index (χ1) is 7.82. The Morgan fingerprint density at radius 1 is 1.12 bits per heavy atom. The molecule has 0 saturated carbocycles. The van der Waals surface area contributed by atoms with Gasteiger partial charge in [0.1, 0.15) is 5.71 Å². The molecule has 92 valence electrons. The van der Waals surface area contributed by atoms with Crippen LogP contribution in [0.4, 0.5) is 13.2 Å². The molecule has 1 aromatic rings. The molecule has 0 heterocycles. The van der Waals surface area contributed by atoms with Crippen LogP contribution in [-0.4, -0.2) is 17.0 Å². The van der Waals surface area contributed by atoms with Gasteiger partial charge in [-0.05, 0) is 12.1 Å². The molecule has 0 fully saturated rings. The third-order valence-corrected chi connectivity index (χ3v) is 1.94. The molecule has 2 N–H and O–H groups in total. The molecule has 0 aliphatic heterocycles. The van der Waals surface area contributed by atoms with Crippen molar-refractivity contribution < 1.29 is 23.3 Å². The number of halogens is 3. The van der Waals surface area contributed by atoms with Crippen LogP contribution in [0.25, 0.3) is 5.70 Å². The summed E-state index contributed by atoms with van der Waals surface area (Å²) in [5.74, 6) is -1.62. The second-order valence-electron chi connectivity index (χ2n) is 3.71. The summed E-state index contributed by atoms with van der Waals surface area (Å²) in [5.41, 5.74) is 0.501. The minimum Gasteiger partial charge on any atom is -0.500 e. The summed E-state index contributed by atoms with van der Waals surface area (Å²) in [4.78, 5) is 2.53. The molecule has 1 rings (SSSR count). The summed E-state index contributed by atoms with van der Waals surface area (Å²) in [6, 6.07) is 7.88. The first-order valence-electron chi connectivity index (χ1n) is 4.95. The summed E-state index contributed by atoms with van der Waals surface area (Å²) >= 11 is 0. The van der Waals surface area contributed by atoms with E-state index < -0.39 is 11.9 Å². The number of benzene rings is 1. The molecule has 0 bridgehead atoms. The number of alkyl halides is 3. The number of rotatable bonds is 2. The van der Waals surface area contributed by atoms with Crippen LogP contribution in [0.3, 0.4) is 0 Å². The Morgan fingerprint density at radius 3 is 2.06 bits per heavy atom. The van der Waals surface area contributed by atoms with Crippen LogP contribution in [0.1, 0.15) is 19.4 Å². The fourth-order valence-corrected chi connectivity index (χ4v) is 1.26. The zero-order valence-electron chi connectivity index (χ0n) is 9.47. The van der Waals surface area contributed by atoms with E-state index in [0.717, 1.165) is 0 Å². The van der Waals surface area contributed by atoms with Gasteiger partial charge in [-0.1, -0.05) is 18.2 Å².